The van der Waals surface area contributed by atoms with E-state index in [0.717, 1.165) is 24.3 Å². The molecule has 188 valence electrons. The van der Waals surface area contributed by atoms with E-state index in [9.17, 15) is 4.79 Å². The SMILES string of the molecule is COCOc1cc(OCOC)c(C(C)C)cc1-c1n[nH]c(=O)n1-c1ccc(N2CCOCC2)cc1. The predicted molar refractivity (Wildman–Crippen MR) is 132 cm³/mol. The molecule has 0 amide bonds. The average molecular weight is 485 g/mol. The molecule has 1 aliphatic rings. The van der Waals surface area contributed by atoms with Crippen molar-refractivity contribution >= 4 is 5.69 Å². The van der Waals surface area contributed by atoms with Gasteiger partial charge in [0.2, 0.25) is 0 Å². The maximum Gasteiger partial charge on any atom is 0.348 e. The summed E-state index contributed by atoms with van der Waals surface area (Å²) in [6.45, 7) is 7.36. The van der Waals surface area contributed by atoms with Crippen LogP contribution in [0.25, 0.3) is 17.1 Å². The summed E-state index contributed by atoms with van der Waals surface area (Å²) in [5.41, 5.74) is 3.01. The first-order valence-corrected chi connectivity index (χ1v) is 11.6. The minimum atomic E-state index is -0.345. The van der Waals surface area contributed by atoms with Gasteiger partial charge < -0.3 is 28.6 Å². The van der Waals surface area contributed by atoms with Crippen LogP contribution >= 0.6 is 0 Å². The molecule has 0 spiro atoms. The van der Waals surface area contributed by atoms with Crippen molar-refractivity contribution in [3.8, 4) is 28.6 Å². The number of anilines is 1. The lowest BCUT2D eigenvalue weighted by molar-refractivity contribution is 0.0457. The summed E-state index contributed by atoms with van der Waals surface area (Å²) < 4.78 is 28.9. The standard InChI is InChI=1S/C25H32N4O6/c1-17(2)20-13-21(23(35-16-32-4)14-22(20)34-15-31-3)24-26-27-25(30)29(24)19-7-5-18(6-8-19)28-9-11-33-12-10-28/h5-8,13-14,17H,9-12,15-16H2,1-4H3,(H,27,30). The van der Waals surface area contributed by atoms with Gasteiger partial charge in [0, 0.05) is 39.1 Å². The maximum absolute atomic E-state index is 12.9. The molecule has 35 heavy (non-hydrogen) atoms. The molecule has 0 unspecified atom stereocenters. The molecular weight excluding hydrogens is 452 g/mol. The summed E-state index contributed by atoms with van der Waals surface area (Å²) in [5.74, 6) is 1.69. The number of morpholine rings is 1. The Hall–Kier alpha value is -3.34. The fourth-order valence-electron chi connectivity index (χ4n) is 4.04. The molecular formula is C25H32N4O6. The normalized spacial score (nSPS) is 13.9. The van der Waals surface area contributed by atoms with Crippen molar-refractivity contribution in [2.75, 3.05) is 59.0 Å². The van der Waals surface area contributed by atoms with Crippen molar-refractivity contribution in [2.24, 2.45) is 0 Å². The number of aromatic nitrogens is 3. The molecule has 2 aromatic carbocycles. The smallest absolute Gasteiger partial charge is 0.348 e. The van der Waals surface area contributed by atoms with Crippen LogP contribution in [-0.4, -0.2) is 68.9 Å². The first-order valence-electron chi connectivity index (χ1n) is 11.6. The third-order valence-electron chi connectivity index (χ3n) is 5.80. The number of hydrogen-bond acceptors (Lipinski definition) is 8. The zero-order valence-electron chi connectivity index (χ0n) is 20.6. The highest BCUT2D eigenvalue weighted by Gasteiger charge is 2.22. The van der Waals surface area contributed by atoms with E-state index in [-0.39, 0.29) is 25.2 Å². The zero-order chi connectivity index (χ0) is 24.8. The summed E-state index contributed by atoms with van der Waals surface area (Å²) in [7, 11) is 3.11. The molecule has 0 aliphatic carbocycles. The van der Waals surface area contributed by atoms with Crippen molar-refractivity contribution in [3.05, 3.63) is 52.4 Å². The highest BCUT2D eigenvalue weighted by Crippen LogP contribution is 2.39. The first kappa shape index (κ1) is 24.8. The van der Waals surface area contributed by atoms with E-state index < -0.39 is 0 Å². The predicted octanol–water partition coefficient (Wildman–Crippen LogP) is 3.15. The molecule has 1 N–H and O–H groups in total. The number of benzene rings is 2. The van der Waals surface area contributed by atoms with E-state index in [1.807, 2.05) is 30.3 Å². The largest absolute Gasteiger partial charge is 0.467 e. The quantitative estimate of drug-likeness (QED) is 0.438. The first-order chi connectivity index (χ1) is 17.0. The Kier molecular flexibility index (Phi) is 8.06. The van der Waals surface area contributed by atoms with Crippen molar-refractivity contribution in [3.63, 3.8) is 0 Å². The molecule has 0 bridgehead atoms. The number of methoxy groups -OCH3 is 2. The second-order valence-corrected chi connectivity index (χ2v) is 8.45. The Morgan fingerprint density at radius 1 is 0.971 bits per heavy atom. The monoisotopic (exact) mass is 484 g/mol. The van der Waals surface area contributed by atoms with E-state index in [4.69, 9.17) is 23.7 Å². The van der Waals surface area contributed by atoms with Crippen LogP contribution in [0.2, 0.25) is 0 Å². The van der Waals surface area contributed by atoms with Crippen molar-refractivity contribution in [1.29, 1.82) is 0 Å². The number of aromatic amines is 1. The number of hydrogen-bond donors (Lipinski definition) is 1. The van der Waals surface area contributed by atoms with Gasteiger partial charge in [0.25, 0.3) is 0 Å². The molecule has 1 aromatic heterocycles. The van der Waals surface area contributed by atoms with Gasteiger partial charge in [0.1, 0.15) is 11.5 Å². The van der Waals surface area contributed by atoms with E-state index in [1.165, 1.54) is 4.57 Å². The second kappa shape index (κ2) is 11.4. The van der Waals surface area contributed by atoms with Gasteiger partial charge in [-0.25, -0.2) is 14.5 Å². The Morgan fingerprint density at radius 3 is 2.23 bits per heavy atom. The summed E-state index contributed by atoms with van der Waals surface area (Å²) >= 11 is 0. The summed E-state index contributed by atoms with van der Waals surface area (Å²) in [4.78, 5) is 15.1. The molecule has 10 nitrogen and oxygen atoms in total. The molecule has 0 atom stereocenters. The highest BCUT2D eigenvalue weighted by atomic mass is 16.7. The molecule has 4 rings (SSSR count). The van der Waals surface area contributed by atoms with Crippen LogP contribution in [0.5, 0.6) is 11.5 Å². The molecule has 3 aromatic rings. The number of ether oxygens (including phenoxy) is 5. The van der Waals surface area contributed by atoms with Crippen LogP contribution in [0, 0.1) is 0 Å². The molecule has 0 radical (unpaired) electrons. The Morgan fingerprint density at radius 2 is 1.60 bits per heavy atom. The van der Waals surface area contributed by atoms with Gasteiger partial charge in [0.15, 0.2) is 19.4 Å². The molecule has 10 heteroatoms. The van der Waals surface area contributed by atoms with Gasteiger partial charge in [-0.3, -0.25) is 0 Å². The lowest BCUT2D eigenvalue weighted by Crippen LogP contribution is -2.36. The Bertz CT molecular complexity index is 1170. The van der Waals surface area contributed by atoms with Gasteiger partial charge in [-0.1, -0.05) is 13.8 Å². The van der Waals surface area contributed by atoms with Crippen LogP contribution < -0.4 is 20.1 Å². The van der Waals surface area contributed by atoms with Crippen LogP contribution in [0.1, 0.15) is 25.3 Å². The van der Waals surface area contributed by atoms with Crippen molar-refractivity contribution in [1.82, 2.24) is 14.8 Å². The van der Waals surface area contributed by atoms with E-state index in [1.54, 1.807) is 20.3 Å². The van der Waals surface area contributed by atoms with Crippen LogP contribution in [0.4, 0.5) is 5.69 Å². The van der Waals surface area contributed by atoms with E-state index in [0.29, 0.717) is 41.8 Å². The third-order valence-corrected chi connectivity index (χ3v) is 5.80. The molecule has 0 saturated carbocycles. The molecule has 1 aliphatic heterocycles. The third kappa shape index (κ3) is 5.50. The minimum Gasteiger partial charge on any atom is -0.467 e. The summed E-state index contributed by atoms with van der Waals surface area (Å²) in [6.07, 6.45) is 0. The minimum absolute atomic E-state index is 0.0284. The number of nitrogens with zero attached hydrogens (tertiary/aromatic N) is 3. The molecule has 1 saturated heterocycles. The van der Waals surface area contributed by atoms with Crippen molar-refractivity contribution < 1.29 is 23.7 Å². The summed E-state index contributed by atoms with van der Waals surface area (Å²) in [5, 5.41) is 6.93. The van der Waals surface area contributed by atoms with Crippen LogP contribution in [0.3, 0.4) is 0 Å². The molecule has 1 fully saturated rings. The Balaban J connectivity index is 1.77. The Labute approximate surface area is 204 Å². The van der Waals surface area contributed by atoms with E-state index in [2.05, 4.69) is 28.9 Å². The second-order valence-electron chi connectivity index (χ2n) is 8.45. The van der Waals surface area contributed by atoms with Crippen LogP contribution in [0.15, 0.2) is 41.2 Å². The lowest BCUT2D eigenvalue weighted by atomic mass is 9.98. The average Bonchev–Trinajstić information content (AvgIpc) is 3.27. The van der Waals surface area contributed by atoms with Gasteiger partial charge in [0.05, 0.1) is 24.5 Å². The highest BCUT2D eigenvalue weighted by molar-refractivity contribution is 5.70. The van der Waals surface area contributed by atoms with E-state index >= 15 is 0 Å². The van der Waals surface area contributed by atoms with Crippen LogP contribution in [-0.2, 0) is 14.2 Å². The zero-order valence-corrected chi connectivity index (χ0v) is 20.6. The lowest BCUT2D eigenvalue weighted by Gasteiger charge is -2.28. The van der Waals surface area contributed by atoms with Crippen molar-refractivity contribution in [2.45, 2.75) is 19.8 Å². The topological polar surface area (TPSA) is 100 Å². The summed E-state index contributed by atoms with van der Waals surface area (Å²) in [6, 6.07) is 11.6. The number of H-pyrrole nitrogens is 1. The van der Waals surface area contributed by atoms with Gasteiger partial charge in [-0.15, -0.1) is 0 Å². The van der Waals surface area contributed by atoms with Gasteiger partial charge in [-0.2, -0.15) is 5.10 Å². The fraction of sp³-hybridized carbons (Fsp3) is 0.440. The van der Waals surface area contributed by atoms with Gasteiger partial charge >= 0.3 is 5.69 Å². The number of rotatable bonds is 10. The fourth-order valence-corrected chi connectivity index (χ4v) is 4.04. The number of nitrogens with one attached hydrogen (secondary N) is 1. The maximum atomic E-state index is 12.9. The molecule has 2 heterocycles. The van der Waals surface area contributed by atoms with Gasteiger partial charge in [-0.05, 0) is 41.8 Å².